The highest BCUT2D eigenvalue weighted by Gasteiger charge is 1.91. The third-order valence-electron chi connectivity index (χ3n) is 1.24. The number of thiocarbonyl (C=S) groups is 1. The maximum absolute atomic E-state index is 4.75. The lowest BCUT2D eigenvalue weighted by atomic mass is 10.2. The summed E-state index contributed by atoms with van der Waals surface area (Å²) < 4.78 is 0. The number of nitrogens with zero attached hydrogens (tertiary/aromatic N) is 1. The fraction of sp³-hybridized carbons (Fsp3) is 0.250. The lowest BCUT2D eigenvalue weighted by molar-refractivity contribution is 1.17. The van der Waals surface area contributed by atoms with E-state index >= 15 is 0 Å². The van der Waals surface area contributed by atoms with Gasteiger partial charge in [0.2, 0.25) is 0 Å². The fourth-order valence-corrected chi connectivity index (χ4v) is 1.05. The number of pyridine rings is 1. The zero-order chi connectivity index (χ0) is 7.56. The summed E-state index contributed by atoms with van der Waals surface area (Å²) in [5.74, 6) is 0. The van der Waals surface area contributed by atoms with Crippen molar-refractivity contribution in [3.05, 3.63) is 29.1 Å². The maximum Gasteiger partial charge on any atom is 0.0742 e. The van der Waals surface area contributed by atoms with Crippen molar-refractivity contribution in [1.82, 2.24) is 4.98 Å². The van der Waals surface area contributed by atoms with E-state index in [2.05, 4.69) is 4.98 Å². The molecule has 0 bridgehead atoms. The number of hydrogen-bond acceptors (Lipinski definition) is 2. The van der Waals surface area contributed by atoms with Crippen LogP contribution in [0.5, 0.6) is 0 Å². The first-order valence-electron chi connectivity index (χ1n) is 3.13. The number of aromatic nitrogens is 1. The molecule has 0 aliphatic heterocycles. The standard InChI is InChI=1S/C8H9NS/c1-6-3-7(2)9-8(4-6)5-10/h3-5H,1-2H3. The molecule has 1 heterocycles. The van der Waals surface area contributed by atoms with Gasteiger partial charge in [0.1, 0.15) is 0 Å². The molecule has 1 rings (SSSR count). The third kappa shape index (κ3) is 1.61. The Morgan fingerprint density at radius 1 is 1.40 bits per heavy atom. The van der Waals surface area contributed by atoms with Crippen LogP contribution >= 0.6 is 12.2 Å². The first kappa shape index (κ1) is 7.35. The Kier molecular flexibility index (Phi) is 2.12. The molecule has 0 fully saturated rings. The summed E-state index contributed by atoms with van der Waals surface area (Å²) in [6, 6.07) is 4.00. The van der Waals surface area contributed by atoms with E-state index in [4.69, 9.17) is 12.2 Å². The molecular weight excluding hydrogens is 142 g/mol. The van der Waals surface area contributed by atoms with E-state index in [1.807, 2.05) is 26.0 Å². The number of aryl methyl sites for hydroxylation is 2. The van der Waals surface area contributed by atoms with Crippen LogP contribution in [0.3, 0.4) is 0 Å². The predicted octanol–water partition coefficient (Wildman–Crippen LogP) is 2.05. The van der Waals surface area contributed by atoms with Crippen molar-refractivity contribution >= 4 is 17.6 Å². The topological polar surface area (TPSA) is 12.9 Å². The summed E-state index contributed by atoms with van der Waals surface area (Å²) in [6.45, 7) is 4.01. The molecule has 0 aliphatic rings. The second kappa shape index (κ2) is 2.88. The van der Waals surface area contributed by atoms with Gasteiger partial charge in [-0.2, -0.15) is 0 Å². The summed E-state index contributed by atoms with van der Waals surface area (Å²) in [7, 11) is 0. The predicted molar refractivity (Wildman–Crippen MR) is 46.5 cm³/mol. The van der Waals surface area contributed by atoms with Crippen LogP contribution in [0.1, 0.15) is 17.0 Å². The van der Waals surface area contributed by atoms with Crippen LogP contribution in [0.2, 0.25) is 0 Å². The second-order valence-corrected chi connectivity index (χ2v) is 2.56. The van der Waals surface area contributed by atoms with Gasteiger partial charge in [-0.15, -0.1) is 0 Å². The number of hydrogen-bond donors (Lipinski definition) is 0. The monoisotopic (exact) mass is 151 g/mol. The van der Waals surface area contributed by atoms with E-state index in [0.717, 1.165) is 11.4 Å². The molecule has 2 heteroatoms. The Morgan fingerprint density at radius 2 is 2.10 bits per heavy atom. The molecule has 0 spiro atoms. The Morgan fingerprint density at radius 3 is 2.60 bits per heavy atom. The molecular formula is C8H9NS. The van der Waals surface area contributed by atoms with Gasteiger partial charge in [0.05, 0.1) is 5.69 Å². The Bertz CT molecular complexity index is 235. The summed E-state index contributed by atoms with van der Waals surface area (Å²) in [5.41, 5.74) is 3.12. The highest BCUT2D eigenvalue weighted by atomic mass is 32.1. The van der Waals surface area contributed by atoms with E-state index < -0.39 is 0 Å². The van der Waals surface area contributed by atoms with Gasteiger partial charge in [-0.1, -0.05) is 12.2 Å². The average Bonchev–Trinajstić information content (AvgIpc) is 1.85. The first-order valence-corrected chi connectivity index (χ1v) is 3.60. The van der Waals surface area contributed by atoms with Crippen molar-refractivity contribution in [2.75, 3.05) is 0 Å². The Balaban J connectivity index is 3.18. The minimum absolute atomic E-state index is 0.882. The maximum atomic E-state index is 4.75. The van der Waals surface area contributed by atoms with Crippen molar-refractivity contribution in [2.45, 2.75) is 13.8 Å². The smallest absolute Gasteiger partial charge is 0.0742 e. The quantitative estimate of drug-likeness (QED) is 0.570. The highest BCUT2D eigenvalue weighted by Crippen LogP contribution is 2.01. The van der Waals surface area contributed by atoms with Crippen molar-refractivity contribution in [1.29, 1.82) is 0 Å². The molecule has 0 N–H and O–H groups in total. The molecule has 0 saturated carbocycles. The van der Waals surface area contributed by atoms with Gasteiger partial charge < -0.3 is 0 Å². The van der Waals surface area contributed by atoms with E-state index in [0.29, 0.717) is 0 Å². The average molecular weight is 151 g/mol. The number of rotatable bonds is 1. The molecule has 0 atom stereocenters. The fourth-order valence-electron chi connectivity index (χ4n) is 0.933. The highest BCUT2D eigenvalue weighted by molar-refractivity contribution is 7.79. The Labute approximate surface area is 66.1 Å². The Hall–Kier alpha value is -0.760. The zero-order valence-corrected chi connectivity index (χ0v) is 6.90. The van der Waals surface area contributed by atoms with E-state index in [-0.39, 0.29) is 0 Å². The van der Waals surface area contributed by atoms with Crippen LogP contribution in [0.25, 0.3) is 0 Å². The van der Waals surface area contributed by atoms with Gasteiger partial charge >= 0.3 is 0 Å². The molecule has 0 aliphatic carbocycles. The van der Waals surface area contributed by atoms with Crippen LogP contribution in [0, 0.1) is 13.8 Å². The van der Waals surface area contributed by atoms with Gasteiger partial charge in [0.15, 0.2) is 0 Å². The van der Waals surface area contributed by atoms with E-state index in [1.165, 1.54) is 5.56 Å². The zero-order valence-electron chi connectivity index (χ0n) is 6.09. The SMILES string of the molecule is Cc1cc(C)nc(C=S)c1. The molecule has 52 valence electrons. The molecule has 1 nitrogen and oxygen atoms in total. The summed E-state index contributed by atoms with van der Waals surface area (Å²) in [5, 5.41) is 1.60. The summed E-state index contributed by atoms with van der Waals surface area (Å²) in [6.07, 6.45) is 0. The molecule has 1 aromatic heterocycles. The van der Waals surface area contributed by atoms with E-state index in [9.17, 15) is 0 Å². The minimum Gasteiger partial charge on any atom is -0.253 e. The molecule has 10 heavy (non-hydrogen) atoms. The molecule has 1 aromatic rings. The third-order valence-corrected chi connectivity index (χ3v) is 1.48. The van der Waals surface area contributed by atoms with Gasteiger partial charge in [-0.25, -0.2) is 0 Å². The molecule has 0 unspecified atom stereocenters. The molecule has 0 amide bonds. The van der Waals surface area contributed by atoms with Gasteiger partial charge in [0, 0.05) is 11.1 Å². The van der Waals surface area contributed by atoms with Crippen molar-refractivity contribution in [3.63, 3.8) is 0 Å². The van der Waals surface area contributed by atoms with Crippen LogP contribution < -0.4 is 0 Å². The summed E-state index contributed by atoms with van der Waals surface area (Å²) in [4.78, 5) is 4.19. The normalized spacial score (nSPS) is 9.40. The largest absolute Gasteiger partial charge is 0.253 e. The first-order chi connectivity index (χ1) is 4.72. The van der Waals surface area contributed by atoms with Crippen molar-refractivity contribution < 1.29 is 0 Å². The van der Waals surface area contributed by atoms with Crippen LogP contribution in [0.15, 0.2) is 12.1 Å². The second-order valence-electron chi connectivity index (χ2n) is 2.33. The molecule has 0 saturated heterocycles. The van der Waals surface area contributed by atoms with Crippen LogP contribution in [0.4, 0.5) is 0 Å². The minimum atomic E-state index is 0.882. The van der Waals surface area contributed by atoms with E-state index in [1.54, 1.807) is 5.37 Å². The molecule has 0 aromatic carbocycles. The van der Waals surface area contributed by atoms with Crippen molar-refractivity contribution in [2.24, 2.45) is 0 Å². The van der Waals surface area contributed by atoms with Gasteiger partial charge in [0.25, 0.3) is 0 Å². The van der Waals surface area contributed by atoms with Gasteiger partial charge in [-0.05, 0) is 31.5 Å². The molecule has 0 radical (unpaired) electrons. The lowest BCUT2D eigenvalue weighted by Gasteiger charge is -1.96. The van der Waals surface area contributed by atoms with Gasteiger partial charge in [-0.3, -0.25) is 4.98 Å². The van der Waals surface area contributed by atoms with Crippen LogP contribution in [-0.4, -0.2) is 10.4 Å². The lowest BCUT2D eigenvalue weighted by Crippen LogP contribution is -1.89. The van der Waals surface area contributed by atoms with Crippen molar-refractivity contribution in [3.8, 4) is 0 Å². The summed E-state index contributed by atoms with van der Waals surface area (Å²) >= 11 is 4.75. The van der Waals surface area contributed by atoms with Crippen LogP contribution in [-0.2, 0) is 0 Å².